The number of nitrogens with one attached hydrogen (secondary N) is 1. The Morgan fingerprint density at radius 1 is 1.24 bits per heavy atom. The van der Waals surface area contributed by atoms with Crippen molar-refractivity contribution < 1.29 is 4.79 Å². The molecule has 0 bridgehead atoms. The van der Waals surface area contributed by atoms with Crippen LogP contribution in [0.3, 0.4) is 0 Å². The summed E-state index contributed by atoms with van der Waals surface area (Å²) >= 11 is 0. The van der Waals surface area contributed by atoms with Crippen LogP contribution in [0.1, 0.15) is 30.1 Å². The van der Waals surface area contributed by atoms with Gasteiger partial charge in [0, 0.05) is 24.7 Å². The average molecular weight is 282 g/mol. The lowest BCUT2D eigenvalue weighted by Gasteiger charge is -2.34. The quantitative estimate of drug-likeness (QED) is 0.938. The van der Waals surface area contributed by atoms with Gasteiger partial charge in [0.25, 0.3) is 5.91 Å². The molecule has 1 fully saturated rings. The monoisotopic (exact) mass is 282 g/mol. The van der Waals surface area contributed by atoms with Crippen LogP contribution in [0.4, 0.5) is 0 Å². The maximum atomic E-state index is 12.8. The van der Waals surface area contributed by atoms with Crippen LogP contribution >= 0.6 is 0 Å². The van der Waals surface area contributed by atoms with Crippen LogP contribution < -0.4 is 5.32 Å². The summed E-state index contributed by atoms with van der Waals surface area (Å²) in [6.07, 6.45) is 2.24. The van der Waals surface area contributed by atoms with Crippen LogP contribution in [-0.2, 0) is 0 Å². The van der Waals surface area contributed by atoms with E-state index in [-0.39, 0.29) is 5.91 Å². The summed E-state index contributed by atoms with van der Waals surface area (Å²) in [6, 6.07) is 14.5. The predicted octanol–water partition coefficient (Wildman–Crippen LogP) is 3.05. The average Bonchev–Trinajstić information content (AvgIpc) is 2.56. The van der Waals surface area contributed by atoms with Gasteiger partial charge < -0.3 is 10.2 Å². The summed E-state index contributed by atoms with van der Waals surface area (Å²) in [4.78, 5) is 14.8. The first-order chi connectivity index (χ1) is 10.3. The van der Waals surface area contributed by atoms with E-state index in [0.29, 0.717) is 6.04 Å². The van der Waals surface area contributed by atoms with Crippen LogP contribution in [0, 0.1) is 0 Å². The number of amides is 1. The summed E-state index contributed by atoms with van der Waals surface area (Å²) < 4.78 is 0. The summed E-state index contributed by atoms with van der Waals surface area (Å²) in [5.74, 6) is 0.150. The largest absolute Gasteiger partial charge is 0.335 e. The van der Waals surface area contributed by atoms with E-state index in [1.165, 1.54) is 5.39 Å². The number of likely N-dealkylation sites (N-methyl/N-ethyl adjacent to an activating group) is 1. The smallest absolute Gasteiger partial charge is 0.254 e. The zero-order valence-electron chi connectivity index (χ0n) is 12.5. The highest BCUT2D eigenvalue weighted by Crippen LogP contribution is 2.19. The van der Waals surface area contributed by atoms with E-state index in [0.717, 1.165) is 43.4 Å². The van der Waals surface area contributed by atoms with Gasteiger partial charge in [0.1, 0.15) is 0 Å². The Hall–Kier alpha value is -1.87. The number of benzene rings is 2. The van der Waals surface area contributed by atoms with Crippen LogP contribution in [0.5, 0.6) is 0 Å². The molecule has 1 saturated heterocycles. The van der Waals surface area contributed by atoms with E-state index >= 15 is 0 Å². The number of hydrogen-bond acceptors (Lipinski definition) is 2. The summed E-state index contributed by atoms with van der Waals surface area (Å²) in [6.45, 7) is 4.80. The van der Waals surface area contributed by atoms with Crippen molar-refractivity contribution in [2.24, 2.45) is 0 Å². The van der Waals surface area contributed by atoms with Crippen molar-refractivity contribution in [3.63, 3.8) is 0 Å². The molecule has 110 valence electrons. The summed E-state index contributed by atoms with van der Waals surface area (Å²) in [5, 5.41) is 5.70. The molecule has 1 amide bonds. The minimum absolute atomic E-state index is 0.150. The van der Waals surface area contributed by atoms with Gasteiger partial charge in [-0.2, -0.15) is 0 Å². The van der Waals surface area contributed by atoms with Gasteiger partial charge >= 0.3 is 0 Å². The van der Waals surface area contributed by atoms with Crippen LogP contribution in [0.15, 0.2) is 42.5 Å². The fraction of sp³-hybridized carbons (Fsp3) is 0.389. The van der Waals surface area contributed by atoms with Gasteiger partial charge in [-0.05, 0) is 49.2 Å². The van der Waals surface area contributed by atoms with Crippen molar-refractivity contribution in [2.45, 2.75) is 25.8 Å². The Morgan fingerprint density at radius 3 is 2.76 bits per heavy atom. The zero-order chi connectivity index (χ0) is 14.7. The summed E-state index contributed by atoms with van der Waals surface area (Å²) in [7, 11) is 0. The fourth-order valence-electron chi connectivity index (χ4n) is 3.16. The Kier molecular flexibility index (Phi) is 4.20. The molecule has 1 aliphatic heterocycles. The van der Waals surface area contributed by atoms with Gasteiger partial charge in [-0.25, -0.2) is 0 Å². The SMILES string of the molecule is CCN(C(=O)c1ccc2ccccc2c1)C1CCCNC1. The highest BCUT2D eigenvalue weighted by Gasteiger charge is 2.24. The van der Waals surface area contributed by atoms with E-state index in [9.17, 15) is 4.79 Å². The van der Waals surface area contributed by atoms with Crippen LogP contribution in [-0.4, -0.2) is 36.5 Å². The number of fused-ring (bicyclic) bond motifs is 1. The second-order valence-electron chi connectivity index (χ2n) is 5.65. The van der Waals surface area contributed by atoms with E-state index < -0.39 is 0 Å². The van der Waals surface area contributed by atoms with Gasteiger partial charge in [-0.15, -0.1) is 0 Å². The molecular formula is C18H22N2O. The fourth-order valence-corrected chi connectivity index (χ4v) is 3.16. The molecule has 1 heterocycles. The first-order valence-corrected chi connectivity index (χ1v) is 7.80. The Bertz CT molecular complexity index is 632. The third-order valence-corrected chi connectivity index (χ3v) is 4.31. The number of hydrogen-bond donors (Lipinski definition) is 1. The van der Waals surface area contributed by atoms with Crippen LogP contribution in [0.25, 0.3) is 10.8 Å². The van der Waals surface area contributed by atoms with Crippen molar-refractivity contribution in [1.29, 1.82) is 0 Å². The standard InChI is InChI=1S/C18H22N2O/c1-2-20(17-8-5-11-19-13-17)18(21)16-10-9-14-6-3-4-7-15(14)12-16/h3-4,6-7,9-10,12,17,19H,2,5,8,11,13H2,1H3. The van der Waals surface area contributed by atoms with Crippen molar-refractivity contribution in [1.82, 2.24) is 10.2 Å². The Morgan fingerprint density at radius 2 is 2.05 bits per heavy atom. The highest BCUT2D eigenvalue weighted by atomic mass is 16.2. The molecule has 1 unspecified atom stereocenters. The molecule has 3 rings (SSSR count). The molecule has 0 aliphatic carbocycles. The predicted molar refractivity (Wildman–Crippen MR) is 86.6 cm³/mol. The Labute approximate surface area is 125 Å². The molecule has 0 aromatic heterocycles. The van der Waals surface area contributed by atoms with Gasteiger partial charge in [-0.1, -0.05) is 30.3 Å². The topological polar surface area (TPSA) is 32.3 Å². The highest BCUT2D eigenvalue weighted by molar-refractivity contribution is 5.98. The van der Waals surface area contributed by atoms with E-state index in [2.05, 4.69) is 24.4 Å². The molecule has 1 atom stereocenters. The second kappa shape index (κ2) is 6.27. The lowest BCUT2D eigenvalue weighted by atomic mass is 10.0. The van der Waals surface area contributed by atoms with E-state index in [1.54, 1.807) is 0 Å². The molecule has 0 spiro atoms. The number of piperidine rings is 1. The van der Waals surface area contributed by atoms with Gasteiger partial charge in [0.05, 0.1) is 0 Å². The van der Waals surface area contributed by atoms with Crippen molar-refractivity contribution in [3.8, 4) is 0 Å². The normalized spacial score (nSPS) is 18.6. The first-order valence-electron chi connectivity index (χ1n) is 7.80. The molecule has 1 N–H and O–H groups in total. The minimum atomic E-state index is 0.150. The number of carbonyl (C=O) groups excluding carboxylic acids is 1. The van der Waals surface area contributed by atoms with Gasteiger partial charge in [0.2, 0.25) is 0 Å². The zero-order valence-corrected chi connectivity index (χ0v) is 12.5. The number of nitrogens with zero attached hydrogens (tertiary/aromatic N) is 1. The Balaban J connectivity index is 1.86. The third-order valence-electron chi connectivity index (χ3n) is 4.31. The molecule has 21 heavy (non-hydrogen) atoms. The minimum Gasteiger partial charge on any atom is -0.335 e. The third kappa shape index (κ3) is 2.93. The summed E-state index contributed by atoms with van der Waals surface area (Å²) in [5.41, 5.74) is 0.793. The van der Waals surface area contributed by atoms with Crippen molar-refractivity contribution in [2.75, 3.05) is 19.6 Å². The van der Waals surface area contributed by atoms with Crippen molar-refractivity contribution in [3.05, 3.63) is 48.0 Å². The molecule has 3 nitrogen and oxygen atoms in total. The first kappa shape index (κ1) is 14.1. The van der Waals surface area contributed by atoms with Crippen LogP contribution in [0.2, 0.25) is 0 Å². The number of rotatable bonds is 3. The lowest BCUT2D eigenvalue weighted by molar-refractivity contribution is 0.0662. The maximum absolute atomic E-state index is 12.8. The van der Waals surface area contributed by atoms with Gasteiger partial charge in [-0.3, -0.25) is 4.79 Å². The molecule has 2 aromatic carbocycles. The van der Waals surface area contributed by atoms with Crippen molar-refractivity contribution >= 4 is 16.7 Å². The molecule has 0 saturated carbocycles. The molecular weight excluding hydrogens is 260 g/mol. The van der Waals surface area contributed by atoms with E-state index in [4.69, 9.17) is 0 Å². The van der Waals surface area contributed by atoms with Gasteiger partial charge in [0.15, 0.2) is 0 Å². The maximum Gasteiger partial charge on any atom is 0.254 e. The molecule has 2 aromatic rings. The molecule has 3 heteroatoms. The molecule has 1 aliphatic rings. The second-order valence-corrected chi connectivity index (χ2v) is 5.65. The lowest BCUT2D eigenvalue weighted by Crippen LogP contribution is -2.48. The van der Waals surface area contributed by atoms with E-state index in [1.807, 2.05) is 35.2 Å². The molecule has 0 radical (unpaired) electrons. The number of carbonyl (C=O) groups is 1.